The quantitative estimate of drug-likeness (QED) is 0.269. The molecule has 0 aliphatic carbocycles. The Kier molecular flexibility index (Phi) is 8.86. The van der Waals surface area contributed by atoms with Gasteiger partial charge in [0.2, 0.25) is 10.0 Å². The summed E-state index contributed by atoms with van der Waals surface area (Å²) in [6.07, 6.45) is 1.09. The molecule has 212 valence electrons. The number of carboxylic acid groups (broad SMARTS) is 1. The Bertz CT molecular complexity index is 1520. The van der Waals surface area contributed by atoms with Crippen molar-refractivity contribution in [1.29, 1.82) is 0 Å². The minimum absolute atomic E-state index is 0.0421. The number of methoxy groups -OCH3 is 1. The molecular weight excluding hydrogens is 582 g/mol. The summed E-state index contributed by atoms with van der Waals surface area (Å²) in [7, 11) is -3.09. The number of hydrogen-bond acceptors (Lipinski definition) is 6. The molecule has 0 amide bonds. The van der Waals surface area contributed by atoms with Crippen LogP contribution in [0.4, 0.5) is 4.39 Å². The van der Waals surface area contributed by atoms with Crippen LogP contribution < -0.4 is 14.8 Å². The number of halogens is 3. The summed E-state index contributed by atoms with van der Waals surface area (Å²) in [5.74, 6) is -2.73. The average molecular weight is 610 g/mol. The zero-order chi connectivity index (χ0) is 29.2. The number of sulfonamides is 1. The Morgan fingerprint density at radius 2 is 1.77 bits per heavy atom. The molecule has 1 saturated heterocycles. The van der Waals surface area contributed by atoms with E-state index in [0.717, 1.165) is 0 Å². The Labute approximate surface area is 241 Å². The third kappa shape index (κ3) is 5.87. The standard InChI is InChI=1S/C28H27Cl2FN2O6S/c1-28(27(35)36,26(34)22-6-4-12-32-22)25(33-40(37,38)20-14-18(29)13-19(30)15-20)17-10-8-16(9-11-17)21-5-3-7-23(39-2)24(21)31/h3,5,7-11,13-15,22,25,32-33H,4,6,12H2,1-2H3,(H,35,36)/t22?,25-,28+/m1/s1. The fourth-order valence-electron chi connectivity index (χ4n) is 4.81. The number of aliphatic carboxylic acids is 1. The highest BCUT2D eigenvalue weighted by Gasteiger charge is 2.52. The number of carbonyl (C=O) groups excluding carboxylic acids is 1. The Morgan fingerprint density at radius 3 is 2.33 bits per heavy atom. The summed E-state index contributed by atoms with van der Waals surface area (Å²) >= 11 is 12.0. The SMILES string of the molecule is COc1cccc(-c2ccc([C@@H](NS(=O)(=O)c3cc(Cl)cc(Cl)c3)[C@](C)(C(=O)O)C(=O)C3CCCN3)cc2)c1F. The lowest BCUT2D eigenvalue weighted by atomic mass is 9.73. The van der Waals surface area contributed by atoms with Gasteiger partial charge in [0.15, 0.2) is 17.3 Å². The van der Waals surface area contributed by atoms with Crippen molar-refractivity contribution < 1.29 is 32.2 Å². The largest absolute Gasteiger partial charge is 0.494 e. The Hall–Kier alpha value is -3.02. The van der Waals surface area contributed by atoms with Gasteiger partial charge in [0.25, 0.3) is 0 Å². The van der Waals surface area contributed by atoms with Gasteiger partial charge >= 0.3 is 5.97 Å². The number of hydrogen-bond donors (Lipinski definition) is 3. The molecule has 3 aromatic rings. The van der Waals surface area contributed by atoms with Crippen LogP contribution in [0.3, 0.4) is 0 Å². The number of carbonyl (C=O) groups is 2. The fraction of sp³-hybridized carbons (Fsp3) is 0.286. The van der Waals surface area contributed by atoms with E-state index in [4.69, 9.17) is 27.9 Å². The van der Waals surface area contributed by atoms with E-state index in [1.165, 1.54) is 62.6 Å². The smallest absolute Gasteiger partial charge is 0.318 e. The number of rotatable bonds is 10. The molecule has 0 bridgehead atoms. The first-order valence-electron chi connectivity index (χ1n) is 12.3. The predicted octanol–water partition coefficient (Wildman–Crippen LogP) is 5.24. The molecule has 8 nitrogen and oxygen atoms in total. The van der Waals surface area contributed by atoms with Gasteiger partial charge < -0.3 is 15.2 Å². The van der Waals surface area contributed by atoms with Crippen molar-refractivity contribution in [2.24, 2.45) is 5.41 Å². The van der Waals surface area contributed by atoms with E-state index in [1.807, 2.05) is 0 Å². The van der Waals surface area contributed by atoms with Crippen LogP contribution >= 0.6 is 23.2 Å². The third-order valence-electron chi connectivity index (χ3n) is 7.07. The molecule has 0 radical (unpaired) electrons. The van der Waals surface area contributed by atoms with Crippen molar-refractivity contribution in [3.63, 3.8) is 0 Å². The lowest BCUT2D eigenvalue weighted by molar-refractivity contribution is -0.156. The molecule has 0 saturated carbocycles. The van der Waals surface area contributed by atoms with Crippen LogP contribution in [0.2, 0.25) is 10.0 Å². The minimum atomic E-state index is -4.44. The van der Waals surface area contributed by atoms with E-state index in [0.29, 0.717) is 24.9 Å². The van der Waals surface area contributed by atoms with Crippen molar-refractivity contribution in [2.45, 2.75) is 36.7 Å². The molecule has 1 unspecified atom stereocenters. The summed E-state index contributed by atoms with van der Waals surface area (Å²) in [5.41, 5.74) is -1.38. The van der Waals surface area contributed by atoms with Gasteiger partial charge in [0, 0.05) is 15.6 Å². The van der Waals surface area contributed by atoms with Gasteiger partial charge in [-0.25, -0.2) is 17.5 Å². The molecule has 40 heavy (non-hydrogen) atoms. The first-order valence-corrected chi connectivity index (χ1v) is 14.5. The molecule has 3 aromatic carbocycles. The maximum Gasteiger partial charge on any atom is 0.318 e. The van der Waals surface area contributed by atoms with E-state index in [-0.39, 0.29) is 31.8 Å². The van der Waals surface area contributed by atoms with Gasteiger partial charge in [-0.05, 0) is 61.7 Å². The number of Topliss-reactive ketones (excluding diaryl/α,β-unsaturated/α-hetero) is 1. The highest BCUT2D eigenvalue weighted by molar-refractivity contribution is 7.89. The highest BCUT2D eigenvalue weighted by atomic mass is 35.5. The van der Waals surface area contributed by atoms with Crippen LogP contribution in [0, 0.1) is 11.2 Å². The molecular formula is C28H27Cl2FN2O6S. The third-order valence-corrected chi connectivity index (χ3v) is 8.91. The maximum absolute atomic E-state index is 14.9. The lowest BCUT2D eigenvalue weighted by Crippen LogP contribution is -2.54. The van der Waals surface area contributed by atoms with Gasteiger partial charge in [0.05, 0.1) is 24.1 Å². The van der Waals surface area contributed by atoms with Crippen LogP contribution in [-0.2, 0) is 19.6 Å². The van der Waals surface area contributed by atoms with Crippen LogP contribution in [0.15, 0.2) is 65.6 Å². The molecule has 3 atom stereocenters. The molecule has 1 heterocycles. The van der Waals surface area contributed by atoms with Crippen LogP contribution in [0.5, 0.6) is 5.75 Å². The number of carboxylic acids is 1. The van der Waals surface area contributed by atoms with Crippen molar-refractivity contribution in [1.82, 2.24) is 10.0 Å². The monoisotopic (exact) mass is 608 g/mol. The minimum Gasteiger partial charge on any atom is -0.494 e. The van der Waals surface area contributed by atoms with E-state index in [1.54, 1.807) is 12.1 Å². The van der Waals surface area contributed by atoms with Crippen LogP contribution in [-0.4, -0.2) is 45.0 Å². The van der Waals surface area contributed by atoms with Gasteiger partial charge in [-0.3, -0.25) is 9.59 Å². The van der Waals surface area contributed by atoms with Crippen molar-refractivity contribution >= 4 is 45.0 Å². The Morgan fingerprint density at radius 1 is 1.12 bits per heavy atom. The van der Waals surface area contributed by atoms with Crippen molar-refractivity contribution in [2.75, 3.05) is 13.7 Å². The number of benzene rings is 3. The second kappa shape index (κ2) is 11.8. The summed E-state index contributed by atoms with van der Waals surface area (Å²) in [4.78, 5) is 26.2. The Balaban J connectivity index is 1.83. The van der Waals surface area contributed by atoms with E-state index in [9.17, 15) is 27.5 Å². The van der Waals surface area contributed by atoms with Gasteiger partial charge in [-0.15, -0.1) is 0 Å². The highest BCUT2D eigenvalue weighted by Crippen LogP contribution is 2.40. The molecule has 1 aliphatic rings. The van der Waals surface area contributed by atoms with Gasteiger partial charge in [0.1, 0.15) is 5.41 Å². The molecule has 0 aromatic heterocycles. The molecule has 4 rings (SSSR count). The summed E-state index contributed by atoms with van der Waals surface area (Å²) < 4.78 is 49.4. The molecule has 0 spiro atoms. The second-order valence-corrected chi connectivity index (χ2v) is 12.2. The second-order valence-electron chi connectivity index (χ2n) is 9.62. The summed E-state index contributed by atoms with van der Waals surface area (Å²) in [5, 5.41) is 13.5. The van der Waals surface area contributed by atoms with Crippen molar-refractivity contribution in [3.8, 4) is 16.9 Å². The maximum atomic E-state index is 14.9. The number of ketones is 1. The van der Waals surface area contributed by atoms with Gasteiger partial charge in [-0.1, -0.05) is 59.6 Å². The summed E-state index contributed by atoms with van der Waals surface area (Å²) in [6.45, 7) is 1.73. The molecule has 3 N–H and O–H groups in total. The zero-order valence-corrected chi connectivity index (χ0v) is 23.9. The van der Waals surface area contributed by atoms with Crippen molar-refractivity contribution in [3.05, 3.63) is 82.1 Å². The van der Waals surface area contributed by atoms with Gasteiger partial charge in [-0.2, -0.15) is 0 Å². The van der Waals surface area contributed by atoms with Crippen LogP contribution in [0.25, 0.3) is 11.1 Å². The van der Waals surface area contributed by atoms with Crippen LogP contribution in [0.1, 0.15) is 31.4 Å². The van der Waals surface area contributed by atoms with E-state index in [2.05, 4.69) is 10.0 Å². The lowest BCUT2D eigenvalue weighted by Gasteiger charge is -2.35. The van der Waals surface area contributed by atoms with E-state index < -0.39 is 45.1 Å². The topological polar surface area (TPSA) is 122 Å². The first kappa shape index (κ1) is 30.0. The number of nitrogens with one attached hydrogen (secondary N) is 2. The molecule has 12 heteroatoms. The van der Waals surface area contributed by atoms with E-state index >= 15 is 0 Å². The molecule has 1 fully saturated rings. The normalized spacial score (nSPS) is 17.7. The summed E-state index contributed by atoms with van der Waals surface area (Å²) in [6, 6.07) is 12.0. The predicted molar refractivity (Wildman–Crippen MR) is 150 cm³/mol. The average Bonchev–Trinajstić information content (AvgIpc) is 3.46. The first-order chi connectivity index (χ1) is 18.9. The number of ether oxygens (including phenoxy) is 1. The molecule has 1 aliphatic heterocycles. The zero-order valence-electron chi connectivity index (χ0n) is 21.6. The fourth-order valence-corrected chi connectivity index (χ4v) is 6.85.